The zero-order valence-electron chi connectivity index (χ0n) is 15.9. The molecule has 150 valence electrons. The van der Waals surface area contributed by atoms with Gasteiger partial charge in [0.1, 0.15) is 0 Å². The second-order valence-corrected chi connectivity index (χ2v) is 8.47. The van der Waals surface area contributed by atoms with Gasteiger partial charge in [0, 0.05) is 29.4 Å². The Kier molecular flexibility index (Phi) is 5.56. The van der Waals surface area contributed by atoms with E-state index in [1.165, 1.54) is 12.1 Å². The molecule has 0 aliphatic carbocycles. The van der Waals surface area contributed by atoms with Gasteiger partial charge in [-0.2, -0.15) is 0 Å². The van der Waals surface area contributed by atoms with Crippen molar-refractivity contribution in [3.05, 3.63) is 102 Å². The molecule has 30 heavy (non-hydrogen) atoms. The van der Waals surface area contributed by atoms with Crippen molar-refractivity contribution in [2.75, 3.05) is 5.32 Å². The Morgan fingerprint density at radius 1 is 0.867 bits per heavy atom. The maximum atomic E-state index is 12.7. The highest BCUT2D eigenvalue weighted by molar-refractivity contribution is 7.89. The summed E-state index contributed by atoms with van der Waals surface area (Å²) >= 11 is 0. The maximum absolute atomic E-state index is 12.7. The van der Waals surface area contributed by atoms with Crippen LogP contribution in [0.15, 0.2) is 96.0 Å². The number of hydrogen-bond acceptors (Lipinski definition) is 4. The number of nitrogens with zero attached hydrogens (tertiary/aromatic N) is 1. The first-order valence-corrected chi connectivity index (χ1v) is 10.8. The second-order valence-electron chi connectivity index (χ2n) is 6.70. The number of carbonyl (C=O) groups excluding carboxylic acids is 1. The Morgan fingerprint density at radius 2 is 1.70 bits per heavy atom. The Labute approximate surface area is 174 Å². The molecule has 4 aromatic rings. The summed E-state index contributed by atoms with van der Waals surface area (Å²) in [4.78, 5) is 17.0. The minimum atomic E-state index is -3.75. The van der Waals surface area contributed by atoms with E-state index in [9.17, 15) is 13.2 Å². The molecule has 2 N–H and O–H groups in total. The van der Waals surface area contributed by atoms with Crippen LogP contribution in [0.4, 0.5) is 5.69 Å². The number of anilines is 1. The van der Waals surface area contributed by atoms with E-state index in [-0.39, 0.29) is 17.0 Å². The Balaban J connectivity index is 1.50. The first-order chi connectivity index (χ1) is 14.5. The van der Waals surface area contributed by atoms with Crippen LogP contribution < -0.4 is 10.0 Å². The van der Waals surface area contributed by atoms with E-state index in [1.807, 2.05) is 54.6 Å². The fraction of sp³-hybridized carbons (Fsp3) is 0.0435. The predicted molar refractivity (Wildman–Crippen MR) is 117 cm³/mol. The van der Waals surface area contributed by atoms with Gasteiger partial charge in [0.05, 0.1) is 10.4 Å². The molecule has 0 aliphatic rings. The highest BCUT2D eigenvalue weighted by atomic mass is 32.2. The van der Waals surface area contributed by atoms with Crippen molar-refractivity contribution < 1.29 is 13.2 Å². The molecule has 0 fully saturated rings. The van der Waals surface area contributed by atoms with Crippen LogP contribution in [0.25, 0.3) is 10.9 Å². The molecule has 3 aromatic carbocycles. The molecule has 0 radical (unpaired) electrons. The summed E-state index contributed by atoms with van der Waals surface area (Å²) < 4.78 is 27.8. The SMILES string of the molecule is O=C(Nc1ccc2ncccc2c1)c1cccc(S(=O)(=O)NCc2ccccc2)c1. The summed E-state index contributed by atoms with van der Waals surface area (Å²) in [6.07, 6.45) is 1.71. The number of carbonyl (C=O) groups is 1. The molecule has 7 heteroatoms. The van der Waals surface area contributed by atoms with E-state index >= 15 is 0 Å². The van der Waals surface area contributed by atoms with Gasteiger partial charge < -0.3 is 5.32 Å². The zero-order valence-corrected chi connectivity index (χ0v) is 16.8. The maximum Gasteiger partial charge on any atom is 0.255 e. The topological polar surface area (TPSA) is 88.2 Å². The average Bonchev–Trinajstić information content (AvgIpc) is 2.78. The number of amides is 1. The Hall–Kier alpha value is -3.55. The molecule has 0 spiro atoms. The normalized spacial score (nSPS) is 11.3. The molecule has 4 rings (SSSR count). The minimum Gasteiger partial charge on any atom is -0.322 e. The molecular formula is C23H19N3O3S. The van der Waals surface area contributed by atoms with Gasteiger partial charge in [0.2, 0.25) is 10.0 Å². The van der Waals surface area contributed by atoms with Gasteiger partial charge in [-0.1, -0.05) is 42.5 Å². The minimum absolute atomic E-state index is 0.0359. The van der Waals surface area contributed by atoms with Crippen molar-refractivity contribution in [1.29, 1.82) is 0 Å². The lowest BCUT2D eigenvalue weighted by molar-refractivity contribution is 0.102. The van der Waals surface area contributed by atoms with Crippen LogP contribution >= 0.6 is 0 Å². The van der Waals surface area contributed by atoms with Crippen LogP contribution in [0, 0.1) is 0 Å². The van der Waals surface area contributed by atoms with Crippen molar-refractivity contribution in [2.24, 2.45) is 0 Å². The van der Waals surface area contributed by atoms with E-state index in [4.69, 9.17) is 0 Å². The molecule has 1 amide bonds. The predicted octanol–water partition coefficient (Wildman–Crippen LogP) is 3.97. The van der Waals surface area contributed by atoms with Crippen molar-refractivity contribution in [3.63, 3.8) is 0 Å². The molecule has 1 heterocycles. The summed E-state index contributed by atoms with van der Waals surface area (Å²) in [5, 5.41) is 3.70. The lowest BCUT2D eigenvalue weighted by Gasteiger charge is -2.10. The number of pyridine rings is 1. The van der Waals surface area contributed by atoms with Gasteiger partial charge in [0.25, 0.3) is 5.91 Å². The molecule has 0 saturated heterocycles. The summed E-state index contributed by atoms with van der Waals surface area (Å²) in [5.41, 5.74) is 2.54. The third-order valence-electron chi connectivity index (χ3n) is 4.58. The number of sulfonamides is 1. The van der Waals surface area contributed by atoms with Gasteiger partial charge in [0.15, 0.2) is 0 Å². The van der Waals surface area contributed by atoms with E-state index in [0.717, 1.165) is 16.5 Å². The summed E-state index contributed by atoms with van der Waals surface area (Å²) in [5.74, 6) is -0.390. The smallest absolute Gasteiger partial charge is 0.255 e. The van der Waals surface area contributed by atoms with Crippen molar-refractivity contribution in [1.82, 2.24) is 9.71 Å². The number of aromatic nitrogens is 1. The lowest BCUT2D eigenvalue weighted by atomic mass is 10.1. The molecule has 6 nitrogen and oxygen atoms in total. The fourth-order valence-electron chi connectivity index (χ4n) is 3.02. The number of fused-ring (bicyclic) bond motifs is 1. The van der Waals surface area contributed by atoms with Crippen LogP contribution in [0.3, 0.4) is 0 Å². The number of benzene rings is 3. The van der Waals surface area contributed by atoms with E-state index in [0.29, 0.717) is 5.69 Å². The van der Waals surface area contributed by atoms with Gasteiger partial charge in [-0.3, -0.25) is 9.78 Å². The number of hydrogen-bond donors (Lipinski definition) is 2. The molecular weight excluding hydrogens is 398 g/mol. The van der Waals surface area contributed by atoms with Crippen molar-refractivity contribution in [3.8, 4) is 0 Å². The van der Waals surface area contributed by atoms with E-state index in [1.54, 1.807) is 24.4 Å². The number of rotatable bonds is 6. The van der Waals surface area contributed by atoms with Crippen LogP contribution in [-0.4, -0.2) is 19.3 Å². The van der Waals surface area contributed by atoms with Crippen LogP contribution in [0.5, 0.6) is 0 Å². The van der Waals surface area contributed by atoms with Crippen molar-refractivity contribution in [2.45, 2.75) is 11.4 Å². The van der Waals surface area contributed by atoms with Crippen LogP contribution in [0.1, 0.15) is 15.9 Å². The van der Waals surface area contributed by atoms with Crippen LogP contribution in [0.2, 0.25) is 0 Å². The van der Waals surface area contributed by atoms with Gasteiger partial charge in [-0.25, -0.2) is 13.1 Å². The quantitative estimate of drug-likeness (QED) is 0.497. The van der Waals surface area contributed by atoms with Gasteiger partial charge in [-0.05, 0) is 48.0 Å². The average molecular weight is 417 g/mol. The standard InChI is InChI=1S/C23H19N3O3S/c27-23(26-20-11-12-22-18(14-20)9-5-13-24-22)19-8-4-10-21(15-19)30(28,29)25-16-17-6-2-1-3-7-17/h1-15,25H,16H2,(H,26,27). The van der Waals surface area contributed by atoms with Gasteiger partial charge in [-0.15, -0.1) is 0 Å². The first kappa shape index (κ1) is 19.8. The lowest BCUT2D eigenvalue weighted by Crippen LogP contribution is -2.23. The molecule has 0 aliphatic heterocycles. The van der Waals surface area contributed by atoms with E-state index in [2.05, 4.69) is 15.0 Å². The summed E-state index contributed by atoms with van der Waals surface area (Å²) in [7, 11) is -3.75. The highest BCUT2D eigenvalue weighted by Gasteiger charge is 2.16. The molecule has 0 saturated carbocycles. The monoisotopic (exact) mass is 417 g/mol. The number of nitrogens with one attached hydrogen (secondary N) is 2. The largest absolute Gasteiger partial charge is 0.322 e. The third-order valence-corrected chi connectivity index (χ3v) is 5.98. The van der Waals surface area contributed by atoms with E-state index < -0.39 is 15.9 Å². The Bertz CT molecular complexity index is 1310. The summed E-state index contributed by atoms with van der Waals surface area (Å²) in [6.45, 7) is 0.171. The Morgan fingerprint density at radius 3 is 2.53 bits per heavy atom. The first-order valence-electron chi connectivity index (χ1n) is 9.31. The second kappa shape index (κ2) is 8.44. The van der Waals surface area contributed by atoms with Crippen LogP contribution in [-0.2, 0) is 16.6 Å². The zero-order chi connectivity index (χ0) is 21.0. The van der Waals surface area contributed by atoms with Gasteiger partial charge >= 0.3 is 0 Å². The third kappa shape index (κ3) is 4.53. The highest BCUT2D eigenvalue weighted by Crippen LogP contribution is 2.19. The summed E-state index contributed by atoms with van der Waals surface area (Å²) in [6, 6.07) is 24.3. The fourth-order valence-corrected chi connectivity index (χ4v) is 4.08. The molecule has 0 bridgehead atoms. The van der Waals surface area contributed by atoms with Crippen molar-refractivity contribution >= 4 is 32.5 Å². The molecule has 0 atom stereocenters. The molecule has 1 aromatic heterocycles. The molecule has 0 unspecified atom stereocenters.